The molecule has 1 amide bonds. The highest BCUT2D eigenvalue weighted by atomic mass is 19.1. The number of H-pyrrole nitrogens is 1. The van der Waals surface area contributed by atoms with E-state index in [1.54, 1.807) is 36.2 Å². The number of pyridine rings is 1. The van der Waals surface area contributed by atoms with Crippen LogP contribution in [0.1, 0.15) is 22.3 Å². The van der Waals surface area contributed by atoms with Crippen LogP contribution in [0, 0.1) is 12.7 Å². The first kappa shape index (κ1) is 20.3. The molecule has 0 aliphatic carbocycles. The van der Waals surface area contributed by atoms with Crippen molar-refractivity contribution < 1.29 is 9.18 Å². The van der Waals surface area contributed by atoms with Crippen LogP contribution in [0.15, 0.2) is 65.5 Å². The van der Waals surface area contributed by atoms with Gasteiger partial charge in [-0.15, -0.1) is 0 Å². The highest BCUT2D eigenvalue weighted by molar-refractivity contribution is 5.94. The first-order valence-corrected chi connectivity index (χ1v) is 9.50. The Morgan fingerprint density at radius 1 is 1.10 bits per heavy atom. The molecule has 3 aromatic rings. The number of carbonyl (C=O) groups is 1. The molecule has 2 N–H and O–H groups in total. The molecule has 0 aliphatic rings. The van der Waals surface area contributed by atoms with E-state index in [9.17, 15) is 14.0 Å². The predicted octanol–water partition coefficient (Wildman–Crippen LogP) is 3.75. The van der Waals surface area contributed by atoms with Crippen molar-refractivity contribution in [2.45, 2.75) is 13.3 Å². The Labute approximate surface area is 169 Å². The van der Waals surface area contributed by atoms with E-state index < -0.39 is 11.5 Å². The van der Waals surface area contributed by atoms with E-state index in [1.807, 2.05) is 31.2 Å². The van der Waals surface area contributed by atoms with Crippen molar-refractivity contribution in [1.29, 1.82) is 0 Å². The summed E-state index contributed by atoms with van der Waals surface area (Å²) in [5.41, 5.74) is 2.81. The molecule has 5 nitrogen and oxygen atoms in total. The molecular formula is C23H24FN3O2. The summed E-state index contributed by atoms with van der Waals surface area (Å²) in [4.78, 5) is 29.2. The Kier molecular flexibility index (Phi) is 6.44. The molecule has 0 spiro atoms. The van der Waals surface area contributed by atoms with Crippen molar-refractivity contribution in [2.75, 3.05) is 25.0 Å². The lowest BCUT2D eigenvalue weighted by atomic mass is 10.1. The van der Waals surface area contributed by atoms with Crippen LogP contribution in [0.3, 0.4) is 0 Å². The lowest BCUT2D eigenvalue weighted by Crippen LogP contribution is -2.32. The molecule has 0 fully saturated rings. The lowest BCUT2D eigenvalue weighted by Gasteiger charge is -2.19. The Balaban J connectivity index is 1.56. The molecule has 1 aromatic heterocycles. The van der Waals surface area contributed by atoms with Crippen molar-refractivity contribution >= 4 is 11.6 Å². The van der Waals surface area contributed by atoms with Crippen LogP contribution in [0.2, 0.25) is 0 Å². The molecular weight excluding hydrogens is 369 g/mol. The molecule has 0 bridgehead atoms. The maximum Gasteiger partial charge on any atom is 0.261 e. The van der Waals surface area contributed by atoms with Crippen LogP contribution in [0.5, 0.6) is 0 Å². The normalized spacial score (nSPS) is 10.6. The number of anilines is 1. The van der Waals surface area contributed by atoms with Gasteiger partial charge in [0.15, 0.2) is 0 Å². The average Bonchev–Trinajstić information content (AvgIpc) is 2.71. The minimum atomic E-state index is -0.426. The number of aromatic amines is 1. The van der Waals surface area contributed by atoms with Gasteiger partial charge in [-0.2, -0.15) is 0 Å². The summed E-state index contributed by atoms with van der Waals surface area (Å²) in [7, 11) is 1.80. The van der Waals surface area contributed by atoms with Crippen LogP contribution < -0.4 is 15.8 Å². The first-order valence-electron chi connectivity index (χ1n) is 9.50. The van der Waals surface area contributed by atoms with Gasteiger partial charge in [-0.3, -0.25) is 9.59 Å². The summed E-state index contributed by atoms with van der Waals surface area (Å²) >= 11 is 0. The zero-order valence-corrected chi connectivity index (χ0v) is 16.5. The number of benzene rings is 2. The summed E-state index contributed by atoms with van der Waals surface area (Å²) in [5.74, 6) is -0.699. The summed E-state index contributed by atoms with van der Waals surface area (Å²) < 4.78 is 13.8. The number of carbonyl (C=O) groups excluding carboxylic acids is 1. The largest absolute Gasteiger partial charge is 0.372 e. The van der Waals surface area contributed by atoms with Gasteiger partial charge in [0.05, 0.1) is 5.69 Å². The van der Waals surface area contributed by atoms with Gasteiger partial charge >= 0.3 is 0 Å². The van der Waals surface area contributed by atoms with E-state index in [0.717, 1.165) is 11.1 Å². The van der Waals surface area contributed by atoms with Crippen molar-refractivity contribution in [1.82, 2.24) is 10.3 Å². The van der Waals surface area contributed by atoms with Gasteiger partial charge in [0.25, 0.3) is 11.5 Å². The predicted molar refractivity (Wildman–Crippen MR) is 114 cm³/mol. The zero-order chi connectivity index (χ0) is 20.8. The molecule has 1 heterocycles. The number of para-hydroxylation sites is 1. The number of nitrogens with zero attached hydrogens (tertiary/aromatic N) is 1. The number of amides is 1. The summed E-state index contributed by atoms with van der Waals surface area (Å²) in [6.45, 7) is 2.94. The molecule has 0 aliphatic heterocycles. The zero-order valence-electron chi connectivity index (χ0n) is 16.5. The van der Waals surface area contributed by atoms with E-state index in [4.69, 9.17) is 0 Å². The molecule has 0 saturated carbocycles. The topological polar surface area (TPSA) is 65.2 Å². The fraction of sp³-hybridized carbons (Fsp3) is 0.217. The van der Waals surface area contributed by atoms with E-state index in [2.05, 4.69) is 10.3 Å². The fourth-order valence-electron chi connectivity index (χ4n) is 3.13. The van der Waals surface area contributed by atoms with Crippen LogP contribution in [-0.4, -0.2) is 31.0 Å². The van der Waals surface area contributed by atoms with Gasteiger partial charge in [0, 0.05) is 25.8 Å². The summed E-state index contributed by atoms with van der Waals surface area (Å²) in [6.07, 6.45) is 0.621. The minimum absolute atomic E-state index is 0.0730. The quantitative estimate of drug-likeness (QED) is 0.601. The second-order valence-electron chi connectivity index (χ2n) is 6.97. The molecule has 0 saturated heterocycles. The Hall–Kier alpha value is -3.41. The Morgan fingerprint density at radius 3 is 2.62 bits per heavy atom. The van der Waals surface area contributed by atoms with Crippen LogP contribution >= 0.6 is 0 Å². The SMILES string of the molecule is Cc1cccc(-c2ccc(C(=O)NCCCN(C)c3ccccc3F)c(=O)[nH]2)c1. The number of halogens is 1. The molecule has 150 valence electrons. The average molecular weight is 393 g/mol. The van der Waals surface area contributed by atoms with E-state index in [-0.39, 0.29) is 11.4 Å². The van der Waals surface area contributed by atoms with Crippen molar-refractivity contribution in [3.63, 3.8) is 0 Å². The number of hydrogen-bond donors (Lipinski definition) is 2. The number of nitrogens with one attached hydrogen (secondary N) is 2. The first-order chi connectivity index (χ1) is 14.0. The maximum atomic E-state index is 13.8. The molecule has 6 heteroatoms. The van der Waals surface area contributed by atoms with Crippen molar-refractivity contribution in [3.05, 3.63) is 88.0 Å². The molecule has 3 rings (SSSR count). The fourth-order valence-corrected chi connectivity index (χ4v) is 3.13. The minimum Gasteiger partial charge on any atom is -0.372 e. The third-order valence-electron chi connectivity index (χ3n) is 4.70. The third-order valence-corrected chi connectivity index (χ3v) is 4.70. The van der Waals surface area contributed by atoms with Gasteiger partial charge in [0.2, 0.25) is 0 Å². The number of hydrogen-bond acceptors (Lipinski definition) is 3. The van der Waals surface area contributed by atoms with Gasteiger partial charge in [-0.25, -0.2) is 4.39 Å². The van der Waals surface area contributed by atoms with Gasteiger partial charge < -0.3 is 15.2 Å². The smallest absolute Gasteiger partial charge is 0.261 e. The van der Waals surface area contributed by atoms with Gasteiger partial charge in [0.1, 0.15) is 11.4 Å². The van der Waals surface area contributed by atoms with E-state index in [1.165, 1.54) is 12.1 Å². The van der Waals surface area contributed by atoms with E-state index >= 15 is 0 Å². The third kappa shape index (κ3) is 5.10. The Bertz CT molecular complexity index is 1060. The molecule has 0 radical (unpaired) electrons. The van der Waals surface area contributed by atoms with Crippen LogP contribution in [0.4, 0.5) is 10.1 Å². The summed E-state index contributed by atoms with van der Waals surface area (Å²) in [6, 6.07) is 17.6. The molecule has 29 heavy (non-hydrogen) atoms. The molecule has 0 unspecified atom stereocenters. The highest BCUT2D eigenvalue weighted by Crippen LogP contribution is 2.18. The second-order valence-corrected chi connectivity index (χ2v) is 6.97. The number of rotatable bonds is 7. The standard InChI is InChI=1S/C23H24FN3O2/c1-16-7-5-8-17(15-16)20-12-11-18(23(29)26-20)22(28)25-13-6-14-27(2)21-10-4-3-9-19(21)24/h3-5,7-12,15H,6,13-14H2,1-2H3,(H,25,28)(H,26,29). The Morgan fingerprint density at radius 2 is 1.90 bits per heavy atom. The van der Waals surface area contributed by atoms with Crippen LogP contribution in [0.25, 0.3) is 11.3 Å². The van der Waals surface area contributed by atoms with E-state index in [0.29, 0.717) is 30.9 Å². The second kappa shape index (κ2) is 9.19. The van der Waals surface area contributed by atoms with Crippen LogP contribution in [-0.2, 0) is 0 Å². The molecule has 2 aromatic carbocycles. The summed E-state index contributed by atoms with van der Waals surface area (Å²) in [5, 5.41) is 2.75. The maximum absolute atomic E-state index is 13.8. The van der Waals surface area contributed by atoms with Crippen molar-refractivity contribution in [2.24, 2.45) is 0 Å². The van der Waals surface area contributed by atoms with Gasteiger partial charge in [-0.05, 0) is 49.2 Å². The number of aromatic nitrogens is 1. The van der Waals surface area contributed by atoms with Crippen molar-refractivity contribution in [3.8, 4) is 11.3 Å². The monoisotopic (exact) mass is 393 g/mol. The molecule has 0 atom stereocenters. The lowest BCUT2D eigenvalue weighted by molar-refractivity contribution is 0.0952. The number of aryl methyl sites for hydroxylation is 1. The highest BCUT2D eigenvalue weighted by Gasteiger charge is 2.12. The van der Waals surface area contributed by atoms with Gasteiger partial charge in [-0.1, -0.05) is 35.9 Å².